The van der Waals surface area contributed by atoms with Gasteiger partial charge in [0.1, 0.15) is 5.82 Å². The molecule has 1 atom stereocenters. The highest BCUT2D eigenvalue weighted by atomic mass is 16.5. The Morgan fingerprint density at radius 3 is 2.94 bits per heavy atom. The van der Waals surface area contributed by atoms with Crippen molar-refractivity contribution in [3.63, 3.8) is 0 Å². The van der Waals surface area contributed by atoms with Crippen molar-refractivity contribution in [3.8, 4) is 0 Å². The van der Waals surface area contributed by atoms with E-state index in [2.05, 4.69) is 28.8 Å². The molecule has 0 radical (unpaired) electrons. The number of likely N-dealkylation sites (N-methyl/N-ethyl adjacent to an activating group) is 1. The number of rotatable bonds is 2. The highest BCUT2D eigenvalue weighted by Gasteiger charge is 2.22. The lowest BCUT2D eigenvalue weighted by Gasteiger charge is -2.38. The van der Waals surface area contributed by atoms with Crippen LogP contribution in [-0.4, -0.2) is 55.7 Å². The van der Waals surface area contributed by atoms with Crippen LogP contribution in [0.4, 0.5) is 5.82 Å². The van der Waals surface area contributed by atoms with Gasteiger partial charge in [0.25, 0.3) is 0 Å². The molecule has 0 amide bonds. The summed E-state index contributed by atoms with van der Waals surface area (Å²) in [6.45, 7) is 5.05. The zero-order valence-corrected chi connectivity index (χ0v) is 11.1. The predicted molar refractivity (Wildman–Crippen MR) is 69.9 cm³/mol. The monoisotopic (exact) mass is 249 g/mol. The van der Waals surface area contributed by atoms with Gasteiger partial charge in [0.15, 0.2) is 0 Å². The molecule has 1 unspecified atom stereocenters. The highest BCUT2D eigenvalue weighted by Crippen LogP contribution is 2.17. The molecule has 1 aromatic rings. The number of esters is 1. The summed E-state index contributed by atoms with van der Waals surface area (Å²) in [6, 6.07) is 3.96. The Kier molecular flexibility index (Phi) is 3.81. The molecule has 1 fully saturated rings. The van der Waals surface area contributed by atoms with E-state index in [1.54, 1.807) is 18.3 Å². The summed E-state index contributed by atoms with van der Waals surface area (Å²) in [5.74, 6) is 0.527. The van der Waals surface area contributed by atoms with Crippen molar-refractivity contribution in [2.75, 3.05) is 38.7 Å². The fourth-order valence-electron chi connectivity index (χ4n) is 2.09. The fraction of sp³-hybridized carbons (Fsp3) is 0.538. The molecular weight excluding hydrogens is 230 g/mol. The van der Waals surface area contributed by atoms with E-state index < -0.39 is 0 Å². The van der Waals surface area contributed by atoms with E-state index in [0.717, 1.165) is 25.5 Å². The van der Waals surface area contributed by atoms with Crippen molar-refractivity contribution in [3.05, 3.63) is 23.9 Å². The number of aromatic nitrogens is 1. The van der Waals surface area contributed by atoms with E-state index >= 15 is 0 Å². The highest BCUT2D eigenvalue weighted by molar-refractivity contribution is 5.90. The first-order valence-electron chi connectivity index (χ1n) is 6.11. The Morgan fingerprint density at radius 2 is 2.28 bits per heavy atom. The van der Waals surface area contributed by atoms with Gasteiger partial charge in [-0.25, -0.2) is 9.78 Å². The van der Waals surface area contributed by atoms with Gasteiger partial charge >= 0.3 is 5.97 Å². The van der Waals surface area contributed by atoms with E-state index in [4.69, 9.17) is 4.74 Å². The third kappa shape index (κ3) is 2.61. The molecule has 5 heteroatoms. The number of piperazine rings is 1. The van der Waals surface area contributed by atoms with E-state index in [0.29, 0.717) is 11.6 Å². The molecule has 0 aromatic carbocycles. The van der Waals surface area contributed by atoms with Gasteiger partial charge in [-0.3, -0.25) is 0 Å². The molecule has 2 rings (SSSR count). The molecular formula is C13H19N3O2. The van der Waals surface area contributed by atoms with Crippen LogP contribution in [0.15, 0.2) is 18.3 Å². The van der Waals surface area contributed by atoms with Crippen LogP contribution in [0.2, 0.25) is 0 Å². The van der Waals surface area contributed by atoms with Crippen LogP contribution in [0.5, 0.6) is 0 Å². The summed E-state index contributed by atoms with van der Waals surface area (Å²) < 4.78 is 4.72. The van der Waals surface area contributed by atoms with Crippen molar-refractivity contribution >= 4 is 11.8 Å². The first-order valence-corrected chi connectivity index (χ1v) is 6.11. The second-order valence-corrected chi connectivity index (χ2v) is 4.67. The minimum atomic E-state index is -0.319. The van der Waals surface area contributed by atoms with Crippen LogP contribution in [0.3, 0.4) is 0 Å². The van der Waals surface area contributed by atoms with Gasteiger partial charge in [-0.2, -0.15) is 0 Å². The topological polar surface area (TPSA) is 45.7 Å². The Labute approximate surface area is 107 Å². The number of hydrogen-bond donors (Lipinski definition) is 0. The maximum absolute atomic E-state index is 11.5. The summed E-state index contributed by atoms with van der Waals surface area (Å²) in [4.78, 5) is 20.4. The van der Waals surface area contributed by atoms with Crippen LogP contribution in [-0.2, 0) is 4.74 Å². The Balaban J connectivity index is 2.16. The van der Waals surface area contributed by atoms with Gasteiger partial charge in [-0.15, -0.1) is 0 Å². The van der Waals surface area contributed by atoms with Crippen molar-refractivity contribution < 1.29 is 9.53 Å². The summed E-state index contributed by atoms with van der Waals surface area (Å²) in [7, 11) is 3.51. The minimum absolute atomic E-state index is 0.319. The van der Waals surface area contributed by atoms with Crippen LogP contribution in [0.25, 0.3) is 0 Å². The second-order valence-electron chi connectivity index (χ2n) is 4.67. The number of anilines is 1. The number of carbonyl (C=O) groups excluding carboxylic acids is 1. The van der Waals surface area contributed by atoms with Crippen molar-refractivity contribution in [2.45, 2.75) is 13.0 Å². The first kappa shape index (κ1) is 12.8. The van der Waals surface area contributed by atoms with Gasteiger partial charge in [-0.05, 0) is 26.1 Å². The molecule has 0 N–H and O–H groups in total. The van der Waals surface area contributed by atoms with Crippen LogP contribution < -0.4 is 4.90 Å². The molecule has 0 spiro atoms. The summed E-state index contributed by atoms with van der Waals surface area (Å²) in [5.41, 5.74) is 0.550. The number of nitrogens with zero attached hydrogens (tertiary/aromatic N) is 3. The maximum atomic E-state index is 11.5. The quantitative estimate of drug-likeness (QED) is 0.732. The lowest BCUT2D eigenvalue weighted by molar-refractivity contribution is 0.0600. The first-order chi connectivity index (χ1) is 8.61. The zero-order chi connectivity index (χ0) is 13.1. The molecule has 2 heterocycles. The largest absolute Gasteiger partial charge is 0.465 e. The van der Waals surface area contributed by atoms with Crippen LogP contribution in [0.1, 0.15) is 17.3 Å². The van der Waals surface area contributed by atoms with Gasteiger partial charge in [0.05, 0.1) is 12.7 Å². The number of pyridine rings is 1. The molecule has 98 valence electrons. The Bertz CT molecular complexity index is 436. The summed E-state index contributed by atoms with van der Waals surface area (Å²) in [5, 5.41) is 0. The SMILES string of the molecule is COC(=O)c1ccnc(N2CCN(C)C(C)C2)c1. The molecule has 0 bridgehead atoms. The maximum Gasteiger partial charge on any atom is 0.338 e. The van der Waals surface area contributed by atoms with Crippen molar-refractivity contribution in [1.29, 1.82) is 0 Å². The van der Waals surface area contributed by atoms with E-state index in [1.165, 1.54) is 7.11 Å². The van der Waals surface area contributed by atoms with Crippen LogP contribution >= 0.6 is 0 Å². The molecule has 0 saturated carbocycles. The smallest absolute Gasteiger partial charge is 0.338 e. The number of carbonyl (C=O) groups is 1. The van der Waals surface area contributed by atoms with E-state index in [1.807, 2.05) is 0 Å². The third-order valence-corrected chi connectivity index (χ3v) is 3.45. The van der Waals surface area contributed by atoms with E-state index in [-0.39, 0.29) is 5.97 Å². The molecule has 18 heavy (non-hydrogen) atoms. The summed E-state index contributed by atoms with van der Waals surface area (Å²) >= 11 is 0. The average molecular weight is 249 g/mol. The lowest BCUT2D eigenvalue weighted by Crippen LogP contribution is -2.50. The second kappa shape index (κ2) is 5.35. The molecule has 5 nitrogen and oxygen atoms in total. The van der Waals surface area contributed by atoms with Gasteiger partial charge in [0.2, 0.25) is 0 Å². The van der Waals surface area contributed by atoms with Gasteiger partial charge in [-0.1, -0.05) is 0 Å². The lowest BCUT2D eigenvalue weighted by atomic mass is 10.2. The Hall–Kier alpha value is -1.62. The molecule has 1 saturated heterocycles. The molecule has 0 aliphatic carbocycles. The third-order valence-electron chi connectivity index (χ3n) is 3.45. The number of hydrogen-bond acceptors (Lipinski definition) is 5. The normalized spacial score (nSPS) is 20.8. The van der Waals surface area contributed by atoms with Gasteiger partial charge < -0.3 is 14.5 Å². The number of methoxy groups -OCH3 is 1. The van der Waals surface area contributed by atoms with E-state index in [9.17, 15) is 4.79 Å². The molecule has 1 aliphatic rings. The van der Waals surface area contributed by atoms with Crippen molar-refractivity contribution in [1.82, 2.24) is 9.88 Å². The molecule has 1 aromatic heterocycles. The minimum Gasteiger partial charge on any atom is -0.465 e. The molecule has 1 aliphatic heterocycles. The standard InChI is InChI=1S/C13H19N3O2/c1-10-9-16(7-6-15(10)2)12-8-11(4-5-14-12)13(17)18-3/h4-5,8,10H,6-7,9H2,1-3H3. The summed E-state index contributed by atoms with van der Waals surface area (Å²) in [6.07, 6.45) is 1.66. The number of ether oxygens (including phenoxy) is 1. The zero-order valence-electron chi connectivity index (χ0n) is 11.1. The van der Waals surface area contributed by atoms with Gasteiger partial charge in [0, 0.05) is 31.9 Å². The van der Waals surface area contributed by atoms with Crippen LogP contribution in [0, 0.1) is 0 Å². The predicted octanol–water partition coefficient (Wildman–Crippen LogP) is 1.01. The Morgan fingerprint density at radius 1 is 1.50 bits per heavy atom. The average Bonchev–Trinajstić information content (AvgIpc) is 2.41. The van der Waals surface area contributed by atoms with Crippen molar-refractivity contribution in [2.24, 2.45) is 0 Å². The fourth-order valence-corrected chi connectivity index (χ4v) is 2.09.